The topological polar surface area (TPSA) is 62.2 Å². The first kappa shape index (κ1) is 19.7. The zero-order chi connectivity index (χ0) is 19.6. The molecule has 1 saturated carbocycles. The molecule has 3 atom stereocenters. The molecule has 0 radical (unpaired) electrons. The summed E-state index contributed by atoms with van der Waals surface area (Å²) in [5.74, 6) is 1.12. The molecule has 0 spiro atoms. The maximum Gasteiger partial charge on any atom is 0.236 e. The fraction of sp³-hybridized carbons (Fsp3) is 0.682. The average Bonchev–Trinajstić information content (AvgIpc) is 2.74. The van der Waals surface area contributed by atoms with Crippen LogP contribution in [-0.2, 0) is 9.53 Å². The van der Waals surface area contributed by atoms with Gasteiger partial charge in [0, 0.05) is 37.2 Å². The number of methoxy groups -OCH3 is 1. The Morgan fingerprint density at radius 3 is 2.79 bits per heavy atom. The summed E-state index contributed by atoms with van der Waals surface area (Å²) in [6.45, 7) is 3.67. The zero-order valence-corrected chi connectivity index (χ0v) is 16.8. The molecular weight excluding hydrogens is 356 g/mol. The van der Waals surface area contributed by atoms with Gasteiger partial charge in [-0.2, -0.15) is 0 Å². The van der Waals surface area contributed by atoms with E-state index in [2.05, 4.69) is 11.0 Å². The molecule has 2 aliphatic heterocycles. The third-order valence-electron chi connectivity index (χ3n) is 6.83. The Kier molecular flexibility index (Phi) is 5.90. The van der Waals surface area contributed by atoms with Crippen LogP contribution in [0.4, 0.5) is 0 Å². The Labute approximate surface area is 167 Å². The van der Waals surface area contributed by atoms with Gasteiger partial charge in [-0.3, -0.25) is 9.69 Å². The van der Waals surface area contributed by atoms with E-state index in [-0.39, 0.29) is 17.9 Å². The predicted molar refractivity (Wildman–Crippen MR) is 106 cm³/mol. The highest BCUT2D eigenvalue weighted by Gasteiger charge is 2.50. The fourth-order valence-electron chi connectivity index (χ4n) is 5.33. The second-order valence-electron chi connectivity index (χ2n) is 8.36. The number of fused-ring (bicyclic) bond motifs is 1. The van der Waals surface area contributed by atoms with Gasteiger partial charge >= 0.3 is 0 Å². The molecule has 1 aliphatic carbocycles. The Morgan fingerprint density at radius 2 is 2.00 bits per heavy atom. The third kappa shape index (κ3) is 3.78. The lowest BCUT2D eigenvalue weighted by molar-refractivity contribution is -0.147. The van der Waals surface area contributed by atoms with Crippen LogP contribution in [0.25, 0.3) is 0 Å². The lowest BCUT2D eigenvalue weighted by Crippen LogP contribution is -2.57. The summed E-state index contributed by atoms with van der Waals surface area (Å²) in [6.07, 6.45) is 4.79. The predicted octanol–water partition coefficient (Wildman–Crippen LogP) is 2.22. The third-order valence-corrected chi connectivity index (χ3v) is 6.83. The molecule has 6 heteroatoms. The van der Waals surface area contributed by atoms with E-state index in [1.165, 1.54) is 0 Å². The molecule has 0 unspecified atom stereocenters. The van der Waals surface area contributed by atoms with Crippen molar-refractivity contribution in [2.75, 3.05) is 46.5 Å². The number of likely N-dealkylation sites (tertiary alicyclic amines) is 1. The number of morpholine rings is 1. The number of hydrogen-bond donors (Lipinski definition) is 1. The number of hydrogen-bond acceptors (Lipinski definition) is 5. The summed E-state index contributed by atoms with van der Waals surface area (Å²) in [5, 5.41) is 11.4. The summed E-state index contributed by atoms with van der Waals surface area (Å²) in [6, 6.07) is 8.07. The normalized spacial score (nSPS) is 31.3. The molecule has 4 rings (SSSR count). The lowest BCUT2D eigenvalue weighted by atomic mass is 9.66. The van der Waals surface area contributed by atoms with Crippen molar-refractivity contribution < 1.29 is 19.4 Å². The summed E-state index contributed by atoms with van der Waals surface area (Å²) < 4.78 is 11.0. The van der Waals surface area contributed by atoms with Crippen LogP contribution in [-0.4, -0.2) is 72.9 Å². The van der Waals surface area contributed by atoms with Gasteiger partial charge < -0.3 is 19.5 Å². The van der Waals surface area contributed by atoms with Gasteiger partial charge in [-0.25, -0.2) is 0 Å². The maximum absolute atomic E-state index is 13.0. The van der Waals surface area contributed by atoms with Gasteiger partial charge in [-0.05, 0) is 25.3 Å². The number of benzene rings is 1. The van der Waals surface area contributed by atoms with Gasteiger partial charge in [0.1, 0.15) is 5.75 Å². The van der Waals surface area contributed by atoms with E-state index in [1.807, 2.05) is 23.1 Å². The van der Waals surface area contributed by atoms with Crippen LogP contribution in [0.2, 0.25) is 0 Å². The molecule has 2 saturated heterocycles. The smallest absolute Gasteiger partial charge is 0.236 e. The number of aliphatic hydroxyl groups is 1. The van der Waals surface area contributed by atoms with Crippen LogP contribution in [0.15, 0.2) is 24.3 Å². The van der Waals surface area contributed by atoms with E-state index in [0.29, 0.717) is 32.8 Å². The molecule has 1 aromatic carbocycles. The molecule has 154 valence electrons. The maximum atomic E-state index is 13.0. The Morgan fingerprint density at radius 1 is 1.21 bits per heavy atom. The number of para-hydroxylation sites is 1. The van der Waals surface area contributed by atoms with E-state index >= 15 is 0 Å². The first-order chi connectivity index (χ1) is 13.6. The van der Waals surface area contributed by atoms with Crippen LogP contribution < -0.4 is 4.74 Å². The Bertz CT molecular complexity index is 691. The Hall–Kier alpha value is -1.63. The molecule has 3 aliphatic rings. The minimum Gasteiger partial charge on any atom is -0.496 e. The monoisotopic (exact) mass is 388 g/mol. The van der Waals surface area contributed by atoms with Gasteiger partial charge in [0.05, 0.1) is 32.5 Å². The quantitative estimate of drug-likeness (QED) is 0.857. The number of nitrogens with zero attached hydrogens (tertiary/aromatic N) is 2. The second kappa shape index (κ2) is 8.39. The van der Waals surface area contributed by atoms with E-state index in [0.717, 1.165) is 50.0 Å². The summed E-state index contributed by atoms with van der Waals surface area (Å²) >= 11 is 0. The molecule has 6 nitrogen and oxygen atoms in total. The number of rotatable bonds is 4. The summed E-state index contributed by atoms with van der Waals surface area (Å²) in [7, 11) is 1.69. The van der Waals surface area contributed by atoms with E-state index in [4.69, 9.17) is 9.47 Å². The molecule has 2 heterocycles. The highest BCUT2D eigenvalue weighted by atomic mass is 16.5. The van der Waals surface area contributed by atoms with Gasteiger partial charge in [0.25, 0.3) is 0 Å². The van der Waals surface area contributed by atoms with Crippen LogP contribution in [0.3, 0.4) is 0 Å². The van der Waals surface area contributed by atoms with Gasteiger partial charge in [0.15, 0.2) is 0 Å². The fourth-order valence-corrected chi connectivity index (χ4v) is 5.33. The first-order valence-corrected chi connectivity index (χ1v) is 10.6. The standard InChI is InChI=1S/C22H32N2O4/c1-27-19-8-3-2-6-17(19)21-18-7-4-5-9-22(18,26)10-11-24(21)16-20(25)23-12-14-28-15-13-23/h2-3,6,8,18,21,26H,4-5,7,9-16H2,1H3/t18-,21+,22+/m0/s1. The van der Waals surface area contributed by atoms with Crippen molar-refractivity contribution in [1.82, 2.24) is 9.80 Å². The van der Waals surface area contributed by atoms with Gasteiger partial charge in [-0.1, -0.05) is 31.0 Å². The molecular formula is C22H32N2O4. The van der Waals surface area contributed by atoms with Crippen molar-refractivity contribution in [3.8, 4) is 5.75 Å². The molecule has 0 bridgehead atoms. The largest absolute Gasteiger partial charge is 0.496 e. The molecule has 1 aromatic rings. The van der Waals surface area contributed by atoms with Crippen LogP contribution in [0, 0.1) is 5.92 Å². The minimum absolute atomic E-state index is 0.000176. The van der Waals surface area contributed by atoms with Crippen LogP contribution in [0.1, 0.15) is 43.7 Å². The van der Waals surface area contributed by atoms with Crippen LogP contribution in [0.5, 0.6) is 5.75 Å². The summed E-state index contributed by atoms with van der Waals surface area (Å²) in [5.41, 5.74) is 0.451. The average molecular weight is 389 g/mol. The molecule has 3 fully saturated rings. The number of ether oxygens (including phenoxy) is 2. The van der Waals surface area contributed by atoms with E-state index < -0.39 is 5.60 Å². The van der Waals surface area contributed by atoms with Gasteiger partial charge in [0.2, 0.25) is 5.91 Å². The molecule has 1 amide bonds. The minimum atomic E-state index is -0.637. The molecule has 1 N–H and O–H groups in total. The highest BCUT2D eigenvalue weighted by Crippen LogP contribution is 2.50. The summed E-state index contributed by atoms with van der Waals surface area (Å²) in [4.78, 5) is 17.2. The highest BCUT2D eigenvalue weighted by molar-refractivity contribution is 5.78. The lowest BCUT2D eigenvalue weighted by Gasteiger charge is -2.53. The van der Waals surface area contributed by atoms with Crippen molar-refractivity contribution in [3.63, 3.8) is 0 Å². The van der Waals surface area contributed by atoms with E-state index in [1.54, 1.807) is 7.11 Å². The Balaban J connectivity index is 1.63. The number of piperidine rings is 1. The van der Waals surface area contributed by atoms with Crippen molar-refractivity contribution in [2.24, 2.45) is 5.92 Å². The molecule has 28 heavy (non-hydrogen) atoms. The first-order valence-electron chi connectivity index (χ1n) is 10.6. The molecule has 0 aromatic heterocycles. The van der Waals surface area contributed by atoms with Crippen molar-refractivity contribution >= 4 is 5.91 Å². The number of carbonyl (C=O) groups is 1. The van der Waals surface area contributed by atoms with Gasteiger partial charge in [-0.15, -0.1) is 0 Å². The van der Waals surface area contributed by atoms with Crippen LogP contribution >= 0.6 is 0 Å². The van der Waals surface area contributed by atoms with Crippen molar-refractivity contribution in [3.05, 3.63) is 29.8 Å². The number of amides is 1. The second-order valence-corrected chi connectivity index (χ2v) is 8.36. The SMILES string of the molecule is COc1ccccc1[C@@H]1[C@@H]2CCCC[C@@]2(O)CCN1CC(=O)N1CCOCC1. The van der Waals surface area contributed by atoms with Crippen molar-refractivity contribution in [2.45, 2.75) is 43.7 Å². The van der Waals surface area contributed by atoms with Crippen molar-refractivity contribution in [1.29, 1.82) is 0 Å². The van der Waals surface area contributed by atoms with E-state index in [9.17, 15) is 9.90 Å². The number of carbonyl (C=O) groups excluding carboxylic acids is 1. The zero-order valence-electron chi connectivity index (χ0n) is 16.8.